The molecule has 1 amide bonds. The van der Waals surface area contributed by atoms with Crippen molar-refractivity contribution in [2.45, 2.75) is 13.5 Å². The molecule has 0 saturated carbocycles. The van der Waals surface area contributed by atoms with Gasteiger partial charge in [-0.05, 0) is 42.8 Å². The van der Waals surface area contributed by atoms with Gasteiger partial charge in [0.25, 0.3) is 5.91 Å². The number of aromatic nitrogens is 1. The molecule has 20 heavy (non-hydrogen) atoms. The van der Waals surface area contributed by atoms with Crippen molar-refractivity contribution in [2.24, 2.45) is 0 Å². The molecular formula is C15H13BrN2O2. The van der Waals surface area contributed by atoms with Crippen molar-refractivity contribution < 1.29 is 9.21 Å². The summed E-state index contributed by atoms with van der Waals surface area (Å²) in [4.78, 5) is 15.4. The van der Waals surface area contributed by atoms with E-state index >= 15 is 0 Å². The van der Waals surface area contributed by atoms with Gasteiger partial charge < -0.3 is 14.7 Å². The number of hydrogen-bond acceptors (Lipinski definition) is 2. The molecule has 0 unspecified atom stereocenters. The van der Waals surface area contributed by atoms with Crippen LogP contribution in [0.15, 0.2) is 45.5 Å². The summed E-state index contributed by atoms with van der Waals surface area (Å²) in [6.07, 6.45) is 1.59. The topological polar surface area (TPSA) is 58.0 Å². The Kier molecular flexibility index (Phi) is 3.36. The summed E-state index contributed by atoms with van der Waals surface area (Å²) in [7, 11) is 0. The number of rotatable bonds is 3. The number of nitrogens with one attached hydrogen (secondary N) is 2. The number of carbonyl (C=O) groups is 1. The normalized spacial score (nSPS) is 10.9. The van der Waals surface area contributed by atoms with E-state index in [1.165, 1.54) is 0 Å². The standard InChI is InChI=1S/C15H13BrN2O2/c1-9-12-7-10(16)4-5-13(12)18-14(9)15(19)17-8-11-3-2-6-20-11/h2-7,18H,8H2,1H3,(H,17,19). The Balaban J connectivity index is 1.86. The average Bonchev–Trinajstić information content (AvgIpc) is 3.05. The largest absolute Gasteiger partial charge is 0.467 e. The number of halogens is 1. The fraction of sp³-hybridized carbons (Fsp3) is 0.133. The molecular weight excluding hydrogens is 320 g/mol. The zero-order valence-electron chi connectivity index (χ0n) is 10.9. The first-order valence-electron chi connectivity index (χ1n) is 6.23. The molecule has 2 heterocycles. The van der Waals surface area contributed by atoms with Gasteiger partial charge in [-0.3, -0.25) is 4.79 Å². The van der Waals surface area contributed by atoms with Crippen LogP contribution in [0.25, 0.3) is 10.9 Å². The van der Waals surface area contributed by atoms with Gasteiger partial charge in [0.15, 0.2) is 0 Å². The zero-order chi connectivity index (χ0) is 14.1. The van der Waals surface area contributed by atoms with Crippen molar-refractivity contribution in [3.05, 3.63) is 58.1 Å². The van der Waals surface area contributed by atoms with Gasteiger partial charge in [-0.1, -0.05) is 15.9 Å². The van der Waals surface area contributed by atoms with Gasteiger partial charge >= 0.3 is 0 Å². The summed E-state index contributed by atoms with van der Waals surface area (Å²) in [5.41, 5.74) is 2.48. The second-order valence-electron chi connectivity index (χ2n) is 4.58. The first-order chi connectivity index (χ1) is 9.65. The Morgan fingerprint density at radius 3 is 3.00 bits per heavy atom. The van der Waals surface area contributed by atoms with Crippen LogP contribution in [0.5, 0.6) is 0 Å². The molecule has 0 aliphatic carbocycles. The number of aromatic amines is 1. The monoisotopic (exact) mass is 332 g/mol. The van der Waals surface area contributed by atoms with Crippen molar-refractivity contribution in [1.82, 2.24) is 10.3 Å². The molecule has 3 rings (SSSR count). The minimum Gasteiger partial charge on any atom is -0.467 e. The number of fused-ring (bicyclic) bond motifs is 1. The third-order valence-corrected chi connectivity index (χ3v) is 3.74. The van der Waals surface area contributed by atoms with E-state index in [1.807, 2.05) is 31.2 Å². The van der Waals surface area contributed by atoms with Crippen LogP contribution in [0.3, 0.4) is 0 Å². The van der Waals surface area contributed by atoms with Gasteiger partial charge in [0.2, 0.25) is 0 Å². The summed E-state index contributed by atoms with van der Waals surface area (Å²) in [6, 6.07) is 9.53. The van der Waals surface area contributed by atoms with Gasteiger partial charge in [-0.15, -0.1) is 0 Å². The van der Waals surface area contributed by atoms with E-state index in [0.29, 0.717) is 12.2 Å². The van der Waals surface area contributed by atoms with E-state index in [1.54, 1.807) is 12.3 Å². The summed E-state index contributed by atoms with van der Waals surface area (Å²) in [6.45, 7) is 2.32. The molecule has 0 spiro atoms. The van der Waals surface area contributed by atoms with Crippen LogP contribution < -0.4 is 5.32 Å². The maximum atomic E-state index is 12.2. The Labute approximate surface area is 124 Å². The summed E-state index contributed by atoms with van der Waals surface area (Å²) in [5.74, 6) is 0.598. The summed E-state index contributed by atoms with van der Waals surface area (Å²) >= 11 is 3.44. The summed E-state index contributed by atoms with van der Waals surface area (Å²) in [5, 5.41) is 3.89. The lowest BCUT2D eigenvalue weighted by Gasteiger charge is -2.02. The highest BCUT2D eigenvalue weighted by Crippen LogP contribution is 2.25. The van der Waals surface area contributed by atoms with Crippen LogP contribution in [0.1, 0.15) is 21.8 Å². The minimum atomic E-state index is -0.133. The van der Waals surface area contributed by atoms with Crippen molar-refractivity contribution >= 4 is 32.7 Å². The van der Waals surface area contributed by atoms with E-state index < -0.39 is 0 Å². The van der Waals surface area contributed by atoms with Gasteiger partial charge in [-0.25, -0.2) is 0 Å². The second-order valence-corrected chi connectivity index (χ2v) is 5.49. The van der Waals surface area contributed by atoms with E-state index in [2.05, 4.69) is 26.2 Å². The highest BCUT2D eigenvalue weighted by Gasteiger charge is 2.14. The van der Waals surface area contributed by atoms with E-state index in [-0.39, 0.29) is 5.91 Å². The number of benzene rings is 1. The van der Waals surface area contributed by atoms with Gasteiger partial charge in [0.05, 0.1) is 12.8 Å². The molecule has 2 N–H and O–H groups in total. The van der Waals surface area contributed by atoms with Crippen LogP contribution in [0.2, 0.25) is 0 Å². The van der Waals surface area contributed by atoms with Crippen LogP contribution in [-0.4, -0.2) is 10.9 Å². The Bertz CT molecular complexity index is 760. The number of furan rings is 1. The lowest BCUT2D eigenvalue weighted by atomic mass is 10.1. The molecule has 5 heteroatoms. The first kappa shape index (κ1) is 13.0. The van der Waals surface area contributed by atoms with Crippen LogP contribution in [-0.2, 0) is 6.54 Å². The maximum Gasteiger partial charge on any atom is 0.268 e. The fourth-order valence-electron chi connectivity index (χ4n) is 2.19. The molecule has 0 aliphatic rings. The van der Waals surface area contributed by atoms with Crippen LogP contribution >= 0.6 is 15.9 Å². The lowest BCUT2D eigenvalue weighted by molar-refractivity contribution is 0.0943. The molecule has 0 atom stereocenters. The number of carbonyl (C=O) groups excluding carboxylic acids is 1. The Hall–Kier alpha value is -2.01. The third-order valence-electron chi connectivity index (χ3n) is 3.25. The van der Waals surface area contributed by atoms with Crippen molar-refractivity contribution in [3.8, 4) is 0 Å². The molecule has 0 radical (unpaired) electrons. The predicted octanol–water partition coefficient (Wildman–Crippen LogP) is 3.76. The molecule has 1 aromatic carbocycles. The predicted molar refractivity (Wildman–Crippen MR) is 80.6 cm³/mol. The molecule has 0 saturated heterocycles. The Morgan fingerprint density at radius 1 is 1.40 bits per heavy atom. The number of amides is 1. The van der Waals surface area contributed by atoms with Gasteiger partial charge in [0, 0.05) is 15.4 Å². The molecule has 3 aromatic rings. The molecule has 2 aromatic heterocycles. The van der Waals surface area contributed by atoms with Crippen LogP contribution in [0, 0.1) is 6.92 Å². The molecule has 0 aliphatic heterocycles. The molecule has 102 valence electrons. The van der Waals surface area contributed by atoms with Crippen molar-refractivity contribution in [2.75, 3.05) is 0 Å². The van der Waals surface area contributed by atoms with E-state index in [4.69, 9.17) is 4.42 Å². The van der Waals surface area contributed by atoms with Crippen molar-refractivity contribution in [1.29, 1.82) is 0 Å². The molecule has 0 bridgehead atoms. The average molecular weight is 333 g/mol. The number of H-pyrrole nitrogens is 1. The highest BCUT2D eigenvalue weighted by molar-refractivity contribution is 9.10. The van der Waals surface area contributed by atoms with E-state index in [0.717, 1.165) is 26.7 Å². The number of hydrogen-bond donors (Lipinski definition) is 2. The smallest absolute Gasteiger partial charge is 0.268 e. The number of aryl methyl sites for hydroxylation is 1. The maximum absolute atomic E-state index is 12.2. The van der Waals surface area contributed by atoms with Gasteiger partial charge in [-0.2, -0.15) is 0 Å². The lowest BCUT2D eigenvalue weighted by Crippen LogP contribution is -2.23. The third kappa shape index (κ3) is 2.36. The molecule has 0 fully saturated rings. The van der Waals surface area contributed by atoms with Crippen LogP contribution in [0.4, 0.5) is 0 Å². The zero-order valence-corrected chi connectivity index (χ0v) is 12.5. The fourth-order valence-corrected chi connectivity index (χ4v) is 2.56. The second kappa shape index (κ2) is 5.17. The van der Waals surface area contributed by atoms with Crippen molar-refractivity contribution in [3.63, 3.8) is 0 Å². The van der Waals surface area contributed by atoms with Gasteiger partial charge in [0.1, 0.15) is 11.5 Å². The Morgan fingerprint density at radius 2 is 2.25 bits per heavy atom. The molecule has 4 nitrogen and oxygen atoms in total. The summed E-state index contributed by atoms with van der Waals surface area (Å²) < 4.78 is 6.19. The SMILES string of the molecule is Cc1c(C(=O)NCc2ccco2)[nH]c2ccc(Br)cc12. The highest BCUT2D eigenvalue weighted by atomic mass is 79.9. The minimum absolute atomic E-state index is 0.133. The van der Waals surface area contributed by atoms with E-state index in [9.17, 15) is 4.79 Å². The first-order valence-corrected chi connectivity index (χ1v) is 7.03. The quantitative estimate of drug-likeness (QED) is 0.767.